The lowest BCUT2D eigenvalue weighted by Gasteiger charge is -2.23. The van der Waals surface area contributed by atoms with E-state index in [1.807, 2.05) is 0 Å². The molecule has 0 aliphatic carbocycles. The zero-order valence-corrected chi connectivity index (χ0v) is 12.8. The van der Waals surface area contributed by atoms with Gasteiger partial charge in [-0.05, 0) is 36.6 Å². The molecular formula is C17H19FN4O. The van der Waals surface area contributed by atoms with Crippen molar-refractivity contribution in [2.75, 3.05) is 11.9 Å². The average Bonchev–Trinajstić information content (AvgIpc) is 2.56. The van der Waals surface area contributed by atoms with Gasteiger partial charge in [-0.3, -0.25) is 4.79 Å². The van der Waals surface area contributed by atoms with E-state index in [9.17, 15) is 9.18 Å². The number of nitrogens with one attached hydrogen (secondary N) is 2. The number of amides is 1. The molecule has 1 aromatic heterocycles. The minimum atomic E-state index is -0.250. The minimum absolute atomic E-state index is 0.114. The first-order chi connectivity index (χ1) is 11.2. The van der Waals surface area contributed by atoms with E-state index >= 15 is 0 Å². The lowest BCUT2D eigenvalue weighted by atomic mass is 10.0. The van der Waals surface area contributed by atoms with Crippen molar-refractivity contribution >= 4 is 11.7 Å². The van der Waals surface area contributed by atoms with Gasteiger partial charge in [0.15, 0.2) is 0 Å². The first-order valence-electron chi connectivity index (χ1n) is 7.78. The summed E-state index contributed by atoms with van der Waals surface area (Å²) in [7, 11) is 0. The maximum Gasteiger partial charge on any atom is 0.220 e. The van der Waals surface area contributed by atoms with Crippen LogP contribution >= 0.6 is 0 Å². The molecule has 1 saturated heterocycles. The average molecular weight is 314 g/mol. The van der Waals surface area contributed by atoms with Crippen LogP contribution in [0.1, 0.15) is 30.7 Å². The zero-order valence-electron chi connectivity index (χ0n) is 12.8. The third-order valence-corrected chi connectivity index (χ3v) is 3.83. The molecule has 1 fully saturated rings. The van der Waals surface area contributed by atoms with Gasteiger partial charge >= 0.3 is 0 Å². The van der Waals surface area contributed by atoms with Crippen LogP contribution in [-0.4, -0.2) is 28.5 Å². The maximum atomic E-state index is 12.9. The molecule has 1 aliphatic heterocycles. The second kappa shape index (κ2) is 7.17. The summed E-state index contributed by atoms with van der Waals surface area (Å²) in [6.07, 6.45) is 4.78. The third kappa shape index (κ3) is 4.48. The van der Waals surface area contributed by atoms with E-state index in [0.29, 0.717) is 25.2 Å². The van der Waals surface area contributed by atoms with E-state index in [1.54, 1.807) is 24.4 Å². The molecule has 2 N–H and O–H groups in total. The first kappa shape index (κ1) is 15.4. The lowest BCUT2D eigenvalue weighted by Crippen LogP contribution is -2.42. The molecule has 0 radical (unpaired) electrons. The Bertz CT molecular complexity index is 675. The van der Waals surface area contributed by atoms with Crippen molar-refractivity contribution < 1.29 is 9.18 Å². The number of carbonyl (C=O) groups is 1. The van der Waals surface area contributed by atoms with E-state index in [-0.39, 0.29) is 17.8 Å². The SMILES string of the molecule is O=C1CCC[C@H](CNc2ccnc(Cc3ccc(F)cc3)n2)N1. The van der Waals surface area contributed by atoms with E-state index in [0.717, 1.165) is 24.2 Å². The molecule has 6 heteroatoms. The van der Waals surface area contributed by atoms with Gasteiger partial charge in [0.05, 0.1) is 0 Å². The fourth-order valence-electron chi connectivity index (χ4n) is 2.63. The number of hydrogen-bond acceptors (Lipinski definition) is 4. The van der Waals surface area contributed by atoms with Gasteiger partial charge in [0, 0.05) is 31.6 Å². The number of anilines is 1. The number of nitrogens with zero attached hydrogens (tertiary/aromatic N) is 2. The van der Waals surface area contributed by atoms with Crippen LogP contribution in [0.2, 0.25) is 0 Å². The Balaban J connectivity index is 1.58. The van der Waals surface area contributed by atoms with Crippen LogP contribution in [0.25, 0.3) is 0 Å². The molecule has 1 aliphatic rings. The molecule has 1 aromatic carbocycles. The number of hydrogen-bond donors (Lipinski definition) is 2. The smallest absolute Gasteiger partial charge is 0.220 e. The van der Waals surface area contributed by atoms with Gasteiger partial charge in [0.25, 0.3) is 0 Å². The van der Waals surface area contributed by atoms with Crippen LogP contribution in [0.4, 0.5) is 10.2 Å². The Morgan fingerprint density at radius 2 is 2.09 bits per heavy atom. The molecule has 2 aromatic rings. The lowest BCUT2D eigenvalue weighted by molar-refractivity contribution is -0.123. The van der Waals surface area contributed by atoms with Gasteiger partial charge in [-0.1, -0.05) is 12.1 Å². The molecule has 1 amide bonds. The molecule has 0 unspecified atom stereocenters. The van der Waals surface area contributed by atoms with E-state index in [4.69, 9.17) is 0 Å². The second-order valence-electron chi connectivity index (χ2n) is 5.70. The van der Waals surface area contributed by atoms with Gasteiger partial charge < -0.3 is 10.6 Å². The second-order valence-corrected chi connectivity index (χ2v) is 5.70. The van der Waals surface area contributed by atoms with E-state index in [1.165, 1.54) is 12.1 Å². The Morgan fingerprint density at radius 1 is 1.26 bits per heavy atom. The van der Waals surface area contributed by atoms with Crippen LogP contribution in [0.5, 0.6) is 0 Å². The van der Waals surface area contributed by atoms with Crippen molar-refractivity contribution in [2.24, 2.45) is 0 Å². The first-order valence-corrected chi connectivity index (χ1v) is 7.78. The fraction of sp³-hybridized carbons (Fsp3) is 0.353. The highest BCUT2D eigenvalue weighted by Crippen LogP contribution is 2.11. The van der Waals surface area contributed by atoms with Crippen molar-refractivity contribution in [1.82, 2.24) is 15.3 Å². The van der Waals surface area contributed by atoms with Gasteiger partial charge in [0.1, 0.15) is 17.5 Å². The van der Waals surface area contributed by atoms with E-state index < -0.39 is 0 Å². The van der Waals surface area contributed by atoms with Crippen molar-refractivity contribution in [1.29, 1.82) is 0 Å². The zero-order chi connectivity index (χ0) is 16.1. The fourth-order valence-corrected chi connectivity index (χ4v) is 2.63. The van der Waals surface area contributed by atoms with Crippen molar-refractivity contribution in [2.45, 2.75) is 31.7 Å². The standard InChI is InChI=1S/C17H19FN4O/c18-13-6-4-12(5-7-13)10-16-19-9-8-15(22-16)20-11-14-2-1-3-17(23)21-14/h4-9,14H,1-3,10-11H2,(H,21,23)(H,19,20,22)/t14-/m1/s1. The molecule has 2 heterocycles. The maximum absolute atomic E-state index is 12.9. The predicted octanol–water partition coefficient (Wildman–Crippen LogP) is 2.29. The monoisotopic (exact) mass is 314 g/mol. The van der Waals surface area contributed by atoms with Gasteiger partial charge in [-0.2, -0.15) is 0 Å². The molecule has 0 bridgehead atoms. The molecule has 120 valence electrons. The highest BCUT2D eigenvalue weighted by Gasteiger charge is 2.17. The summed E-state index contributed by atoms with van der Waals surface area (Å²) in [5.41, 5.74) is 0.961. The van der Waals surface area contributed by atoms with Crippen LogP contribution < -0.4 is 10.6 Å². The summed E-state index contributed by atoms with van der Waals surface area (Å²) < 4.78 is 12.9. The van der Waals surface area contributed by atoms with Crippen molar-refractivity contribution in [3.63, 3.8) is 0 Å². The van der Waals surface area contributed by atoms with Gasteiger partial charge in [-0.25, -0.2) is 14.4 Å². The molecular weight excluding hydrogens is 295 g/mol. The minimum Gasteiger partial charge on any atom is -0.368 e. The van der Waals surface area contributed by atoms with Crippen LogP contribution in [-0.2, 0) is 11.2 Å². The highest BCUT2D eigenvalue weighted by atomic mass is 19.1. The number of carbonyl (C=O) groups excluding carboxylic acids is 1. The summed E-state index contributed by atoms with van der Waals surface area (Å²) in [4.78, 5) is 20.1. The summed E-state index contributed by atoms with van der Waals surface area (Å²) in [5, 5.41) is 6.21. The van der Waals surface area contributed by atoms with E-state index in [2.05, 4.69) is 20.6 Å². The summed E-state index contributed by atoms with van der Waals surface area (Å²) in [6.45, 7) is 0.652. The normalized spacial score (nSPS) is 17.6. The van der Waals surface area contributed by atoms with Gasteiger partial charge in [0.2, 0.25) is 5.91 Å². The molecule has 0 saturated carbocycles. The van der Waals surface area contributed by atoms with Crippen LogP contribution in [0.3, 0.4) is 0 Å². The predicted molar refractivity (Wildman–Crippen MR) is 85.5 cm³/mol. The van der Waals surface area contributed by atoms with Crippen LogP contribution in [0.15, 0.2) is 36.5 Å². The number of aromatic nitrogens is 2. The van der Waals surface area contributed by atoms with Crippen LogP contribution in [0, 0.1) is 5.82 Å². The van der Waals surface area contributed by atoms with Crippen molar-refractivity contribution in [3.05, 3.63) is 53.7 Å². The molecule has 0 spiro atoms. The van der Waals surface area contributed by atoms with Crippen molar-refractivity contribution in [3.8, 4) is 0 Å². The Hall–Kier alpha value is -2.50. The quantitative estimate of drug-likeness (QED) is 0.888. The highest BCUT2D eigenvalue weighted by molar-refractivity contribution is 5.77. The summed E-state index contributed by atoms with van der Waals surface area (Å²) in [6, 6.07) is 8.28. The molecule has 5 nitrogen and oxygen atoms in total. The number of halogens is 1. The Kier molecular flexibility index (Phi) is 4.80. The summed E-state index contributed by atoms with van der Waals surface area (Å²) >= 11 is 0. The number of benzene rings is 1. The topological polar surface area (TPSA) is 66.9 Å². The number of rotatable bonds is 5. The van der Waals surface area contributed by atoms with Gasteiger partial charge in [-0.15, -0.1) is 0 Å². The Morgan fingerprint density at radius 3 is 2.87 bits per heavy atom. The Labute approximate surface area is 134 Å². The molecule has 3 rings (SSSR count). The third-order valence-electron chi connectivity index (χ3n) is 3.83. The molecule has 1 atom stereocenters. The summed E-state index contributed by atoms with van der Waals surface area (Å²) in [5.74, 6) is 1.27. The largest absolute Gasteiger partial charge is 0.368 e. The number of piperidine rings is 1. The molecule has 23 heavy (non-hydrogen) atoms.